The summed E-state index contributed by atoms with van der Waals surface area (Å²) in [6, 6.07) is 51.4. The van der Waals surface area contributed by atoms with E-state index in [-0.39, 0.29) is 17.4 Å². The third-order valence-corrected chi connectivity index (χ3v) is 11.5. The molecule has 11 rings (SSSR count). The SMILES string of the molecule is CC1(C)c2ccccc2-c2ccc(N3c4ccccc4C4c5c(oc6c(-c7nc(-c8ccccc8)nc(-c8ccccc8)n7)cccc56)C=CC43)cc21. The molecule has 3 heterocycles. The molecule has 2 aliphatic carbocycles. The van der Waals surface area contributed by atoms with Gasteiger partial charge in [0.15, 0.2) is 17.5 Å². The molecule has 0 bridgehead atoms. The monoisotopic (exact) mass is 682 g/mol. The summed E-state index contributed by atoms with van der Waals surface area (Å²) in [4.78, 5) is 17.6. The largest absolute Gasteiger partial charge is 0.456 e. The van der Waals surface area contributed by atoms with Crippen molar-refractivity contribution in [3.8, 4) is 45.3 Å². The Balaban J connectivity index is 1.06. The Kier molecular flexibility index (Phi) is 6.36. The molecule has 0 amide bonds. The molecule has 1 aliphatic heterocycles. The van der Waals surface area contributed by atoms with Gasteiger partial charge in [0.25, 0.3) is 0 Å². The second-order valence-electron chi connectivity index (χ2n) is 14.8. The van der Waals surface area contributed by atoms with Crippen molar-refractivity contribution in [3.05, 3.63) is 180 Å². The van der Waals surface area contributed by atoms with Crippen molar-refractivity contribution in [2.45, 2.75) is 31.2 Å². The summed E-state index contributed by atoms with van der Waals surface area (Å²) in [5, 5.41) is 1.09. The lowest BCUT2D eigenvalue weighted by molar-refractivity contribution is 0.584. The molecule has 8 aromatic rings. The lowest BCUT2D eigenvalue weighted by Crippen LogP contribution is -2.30. The van der Waals surface area contributed by atoms with Crippen LogP contribution in [0.4, 0.5) is 11.4 Å². The molecule has 2 aromatic heterocycles. The minimum atomic E-state index is -0.0803. The van der Waals surface area contributed by atoms with Gasteiger partial charge in [0.1, 0.15) is 11.3 Å². The fraction of sp³-hybridized carbons (Fsp3) is 0.104. The van der Waals surface area contributed by atoms with Crippen molar-refractivity contribution < 1.29 is 4.42 Å². The van der Waals surface area contributed by atoms with Gasteiger partial charge in [-0.05, 0) is 58.2 Å². The van der Waals surface area contributed by atoms with E-state index in [0.29, 0.717) is 17.5 Å². The number of fused-ring (bicyclic) bond motifs is 10. The average molecular weight is 683 g/mol. The number of nitrogens with zero attached hydrogens (tertiary/aromatic N) is 4. The van der Waals surface area contributed by atoms with Crippen molar-refractivity contribution in [3.63, 3.8) is 0 Å². The standard InChI is InChI=1S/C48H34N4O/c1-48(2)37-22-11-9-18-32(37)33-25-24-31(28-38(33)48)52-39-23-12-10-19-34(39)42-40(52)26-27-41-43(42)35-20-13-21-36(44(35)53-41)47-50-45(29-14-5-3-6-15-29)49-46(51-47)30-16-7-4-8-17-30/h3-28,40,42H,1-2H3. The number of aromatic nitrogens is 3. The minimum absolute atomic E-state index is 0.0803. The quantitative estimate of drug-likeness (QED) is 0.185. The Bertz CT molecular complexity index is 2720. The van der Waals surface area contributed by atoms with Gasteiger partial charge in [0.05, 0.1) is 11.6 Å². The van der Waals surface area contributed by atoms with Gasteiger partial charge in [0, 0.05) is 44.8 Å². The first-order valence-electron chi connectivity index (χ1n) is 18.3. The predicted molar refractivity (Wildman–Crippen MR) is 213 cm³/mol. The van der Waals surface area contributed by atoms with Crippen molar-refractivity contribution in [1.29, 1.82) is 0 Å². The van der Waals surface area contributed by atoms with Crippen LogP contribution >= 0.6 is 0 Å². The molecule has 0 N–H and O–H groups in total. The highest BCUT2D eigenvalue weighted by molar-refractivity contribution is 5.98. The van der Waals surface area contributed by atoms with E-state index in [2.05, 4.69) is 116 Å². The van der Waals surface area contributed by atoms with Crippen LogP contribution in [-0.2, 0) is 5.41 Å². The van der Waals surface area contributed by atoms with Gasteiger partial charge in [0.2, 0.25) is 0 Å². The molecular formula is C48H34N4O. The number of rotatable bonds is 4. The van der Waals surface area contributed by atoms with Crippen LogP contribution in [0.5, 0.6) is 0 Å². The Hall–Kier alpha value is -6.59. The Labute approximate surface area is 308 Å². The minimum Gasteiger partial charge on any atom is -0.456 e. The fourth-order valence-corrected chi connectivity index (χ4v) is 9.03. The second kappa shape index (κ2) is 11.2. The van der Waals surface area contributed by atoms with Gasteiger partial charge >= 0.3 is 0 Å². The fourth-order valence-electron chi connectivity index (χ4n) is 9.03. The molecule has 3 aliphatic rings. The number of para-hydroxylation sites is 2. The van der Waals surface area contributed by atoms with Crippen LogP contribution in [0.1, 0.15) is 47.8 Å². The normalized spacial score (nSPS) is 17.3. The molecule has 2 atom stereocenters. The number of benzene rings is 6. The van der Waals surface area contributed by atoms with E-state index in [1.54, 1.807) is 0 Å². The zero-order chi connectivity index (χ0) is 35.3. The topological polar surface area (TPSA) is 55.1 Å². The van der Waals surface area contributed by atoms with Crippen LogP contribution < -0.4 is 4.90 Å². The molecule has 2 unspecified atom stereocenters. The van der Waals surface area contributed by atoms with E-state index in [1.807, 2.05) is 60.7 Å². The maximum absolute atomic E-state index is 6.85. The Morgan fingerprint density at radius 1 is 0.585 bits per heavy atom. The molecule has 6 aromatic carbocycles. The van der Waals surface area contributed by atoms with Gasteiger partial charge in [-0.2, -0.15) is 0 Å². The zero-order valence-electron chi connectivity index (χ0n) is 29.4. The lowest BCUT2D eigenvalue weighted by Gasteiger charge is -2.31. The molecule has 0 spiro atoms. The highest BCUT2D eigenvalue weighted by Crippen LogP contribution is 2.56. The van der Waals surface area contributed by atoms with E-state index in [1.165, 1.54) is 44.8 Å². The van der Waals surface area contributed by atoms with Crippen LogP contribution in [0.25, 0.3) is 62.3 Å². The summed E-state index contributed by atoms with van der Waals surface area (Å²) in [7, 11) is 0. The maximum atomic E-state index is 6.85. The van der Waals surface area contributed by atoms with Crippen molar-refractivity contribution >= 4 is 28.4 Å². The van der Waals surface area contributed by atoms with Crippen molar-refractivity contribution in [2.75, 3.05) is 4.90 Å². The van der Waals surface area contributed by atoms with Crippen molar-refractivity contribution in [1.82, 2.24) is 15.0 Å². The van der Waals surface area contributed by atoms with E-state index in [0.717, 1.165) is 33.4 Å². The lowest BCUT2D eigenvalue weighted by atomic mass is 9.82. The molecule has 53 heavy (non-hydrogen) atoms. The zero-order valence-corrected chi connectivity index (χ0v) is 29.4. The van der Waals surface area contributed by atoms with Crippen molar-refractivity contribution in [2.24, 2.45) is 0 Å². The first-order valence-corrected chi connectivity index (χ1v) is 18.3. The van der Waals surface area contributed by atoms with Crippen LogP contribution in [0.2, 0.25) is 0 Å². The van der Waals surface area contributed by atoms with Gasteiger partial charge in [-0.1, -0.05) is 141 Å². The third-order valence-electron chi connectivity index (χ3n) is 11.5. The molecule has 5 nitrogen and oxygen atoms in total. The third kappa shape index (κ3) is 4.40. The average Bonchev–Trinajstić information content (AvgIpc) is 3.84. The van der Waals surface area contributed by atoms with Gasteiger partial charge < -0.3 is 9.32 Å². The summed E-state index contributed by atoms with van der Waals surface area (Å²) in [5.74, 6) is 2.81. The van der Waals surface area contributed by atoms with Crippen LogP contribution in [-0.4, -0.2) is 21.0 Å². The summed E-state index contributed by atoms with van der Waals surface area (Å²) in [5.41, 5.74) is 13.8. The van der Waals surface area contributed by atoms with E-state index in [9.17, 15) is 0 Å². The molecule has 0 saturated carbocycles. The first kappa shape index (κ1) is 30.1. The number of hydrogen-bond donors (Lipinski definition) is 0. The number of furan rings is 1. The molecule has 0 saturated heterocycles. The molecular weight excluding hydrogens is 649 g/mol. The van der Waals surface area contributed by atoms with Gasteiger partial charge in [-0.15, -0.1) is 0 Å². The first-order chi connectivity index (χ1) is 26.0. The van der Waals surface area contributed by atoms with Gasteiger partial charge in [-0.3, -0.25) is 0 Å². The van der Waals surface area contributed by atoms with E-state index < -0.39 is 0 Å². The van der Waals surface area contributed by atoms with Gasteiger partial charge in [-0.25, -0.2) is 15.0 Å². The van der Waals surface area contributed by atoms with Crippen LogP contribution in [0.3, 0.4) is 0 Å². The number of anilines is 2. The summed E-state index contributed by atoms with van der Waals surface area (Å²) < 4.78 is 6.85. The Morgan fingerprint density at radius 3 is 2.00 bits per heavy atom. The number of hydrogen-bond acceptors (Lipinski definition) is 5. The Morgan fingerprint density at radius 2 is 1.23 bits per heavy atom. The molecule has 0 fully saturated rings. The molecule has 0 radical (unpaired) electrons. The predicted octanol–water partition coefficient (Wildman–Crippen LogP) is 11.6. The van der Waals surface area contributed by atoms with E-state index >= 15 is 0 Å². The van der Waals surface area contributed by atoms with E-state index in [4.69, 9.17) is 19.4 Å². The molecule has 5 heteroatoms. The summed E-state index contributed by atoms with van der Waals surface area (Å²) in [6.07, 6.45) is 4.50. The highest BCUT2D eigenvalue weighted by Gasteiger charge is 2.44. The second-order valence-corrected chi connectivity index (χ2v) is 14.8. The summed E-state index contributed by atoms with van der Waals surface area (Å²) in [6.45, 7) is 4.70. The maximum Gasteiger partial charge on any atom is 0.167 e. The summed E-state index contributed by atoms with van der Waals surface area (Å²) >= 11 is 0. The smallest absolute Gasteiger partial charge is 0.167 e. The van der Waals surface area contributed by atoms with Crippen LogP contribution in [0.15, 0.2) is 156 Å². The highest BCUT2D eigenvalue weighted by atomic mass is 16.3. The van der Waals surface area contributed by atoms with Crippen LogP contribution in [0, 0.1) is 0 Å². The molecule has 252 valence electrons.